The van der Waals surface area contributed by atoms with Gasteiger partial charge in [-0.2, -0.15) is 0 Å². The molecule has 1 aromatic carbocycles. The maximum absolute atomic E-state index is 13.3. The van der Waals surface area contributed by atoms with Crippen LogP contribution in [-0.2, 0) is 15.6 Å². The monoisotopic (exact) mass is 534 g/mol. The van der Waals surface area contributed by atoms with Crippen LogP contribution in [0.2, 0.25) is 23.3 Å². The van der Waals surface area contributed by atoms with E-state index in [1.165, 1.54) is 0 Å². The number of carbonyl (C=O) groups excluding carboxylic acids is 1. The molecule has 198 valence electrons. The standard InChI is InChI=1S/C27H39ClN2O5Si/c1-26(2,3)34-25(33)30(16-15-19-9-11-20(12-10-19)24(31)32)18-22(21-13-14-23(28)29-17-21)35-36(7,8)27(4,5)6/h9-14,17,22H,15-16,18H2,1-8H3,(H,31,32). The molecule has 1 N–H and O–H groups in total. The van der Waals surface area contributed by atoms with Crippen LogP contribution in [0.4, 0.5) is 4.79 Å². The number of halogens is 1. The molecule has 2 aromatic rings. The van der Waals surface area contributed by atoms with Crippen LogP contribution in [0.25, 0.3) is 0 Å². The summed E-state index contributed by atoms with van der Waals surface area (Å²) in [5.74, 6) is -0.973. The van der Waals surface area contributed by atoms with Gasteiger partial charge in [-0.05, 0) is 74.7 Å². The summed E-state index contributed by atoms with van der Waals surface area (Å²) in [6.07, 6.45) is 1.37. The van der Waals surface area contributed by atoms with E-state index in [2.05, 4.69) is 38.8 Å². The van der Waals surface area contributed by atoms with Gasteiger partial charge in [-0.15, -0.1) is 0 Å². The molecule has 7 nitrogen and oxygen atoms in total. The topological polar surface area (TPSA) is 89.0 Å². The molecule has 1 unspecified atom stereocenters. The fourth-order valence-corrected chi connectivity index (χ4v) is 4.57. The van der Waals surface area contributed by atoms with E-state index in [1.54, 1.807) is 41.4 Å². The van der Waals surface area contributed by atoms with Crippen LogP contribution in [0.5, 0.6) is 0 Å². The molecule has 1 aromatic heterocycles. The lowest BCUT2D eigenvalue weighted by atomic mass is 10.1. The van der Waals surface area contributed by atoms with Crippen LogP contribution in [-0.4, -0.2) is 54.1 Å². The highest BCUT2D eigenvalue weighted by atomic mass is 35.5. The lowest BCUT2D eigenvalue weighted by molar-refractivity contribution is 0.0158. The second-order valence-electron chi connectivity index (χ2n) is 11.5. The fraction of sp³-hybridized carbons (Fsp3) is 0.519. The third-order valence-electron chi connectivity index (χ3n) is 6.27. The number of carbonyl (C=O) groups is 2. The van der Waals surface area contributed by atoms with Gasteiger partial charge >= 0.3 is 12.1 Å². The molecule has 0 bridgehead atoms. The molecule has 2 rings (SSSR count). The summed E-state index contributed by atoms with van der Waals surface area (Å²) in [5.41, 5.74) is 1.32. The Balaban J connectivity index is 2.35. The van der Waals surface area contributed by atoms with E-state index in [9.17, 15) is 9.59 Å². The lowest BCUT2D eigenvalue weighted by Gasteiger charge is -2.40. The van der Waals surface area contributed by atoms with Crippen molar-refractivity contribution in [1.82, 2.24) is 9.88 Å². The van der Waals surface area contributed by atoms with Gasteiger partial charge in [-0.3, -0.25) is 0 Å². The van der Waals surface area contributed by atoms with Crippen molar-refractivity contribution in [2.24, 2.45) is 0 Å². The Hall–Kier alpha value is -2.42. The van der Waals surface area contributed by atoms with Crippen LogP contribution in [0.1, 0.15) is 69.1 Å². The third-order valence-corrected chi connectivity index (χ3v) is 11.0. The van der Waals surface area contributed by atoms with Gasteiger partial charge < -0.3 is 19.2 Å². The summed E-state index contributed by atoms with van der Waals surface area (Å²) < 4.78 is 12.5. The molecule has 0 saturated carbocycles. The Morgan fingerprint density at radius 3 is 2.14 bits per heavy atom. The summed E-state index contributed by atoms with van der Waals surface area (Å²) in [7, 11) is -2.21. The molecule has 0 aliphatic heterocycles. The molecule has 1 atom stereocenters. The number of carboxylic acid groups (broad SMARTS) is 1. The molecule has 0 aliphatic rings. The quantitative estimate of drug-likeness (QED) is 0.276. The van der Waals surface area contributed by atoms with Crippen molar-refractivity contribution in [3.8, 4) is 0 Å². The normalized spacial score (nSPS) is 13.2. The van der Waals surface area contributed by atoms with E-state index in [1.807, 2.05) is 26.8 Å². The molecular weight excluding hydrogens is 496 g/mol. The average molecular weight is 535 g/mol. The first-order valence-corrected chi connectivity index (χ1v) is 15.4. The second-order valence-corrected chi connectivity index (χ2v) is 16.6. The summed E-state index contributed by atoms with van der Waals surface area (Å²) in [5, 5.41) is 9.51. The van der Waals surface area contributed by atoms with E-state index < -0.39 is 32.1 Å². The van der Waals surface area contributed by atoms with Crippen molar-refractivity contribution in [1.29, 1.82) is 0 Å². The zero-order chi connectivity index (χ0) is 27.3. The maximum Gasteiger partial charge on any atom is 0.410 e. The van der Waals surface area contributed by atoms with Crippen molar-refractivity contribution in [2.45, 2.75) is 77.8 Å². The minimum absolute atomic E-state index is 0.0340. The molecule has 0 fully saturated rings. The Morgan fingerprint density at radius 2 is 1.67 bits per heavy atom. The zero-order valence-electron chi connectivity index (χ0n) is 22.6. The first-order valence-electron chi connectivity index (χ1n) is 12.1. The molecule has 1 amide bonds. The number of hydrogen-bond acceptors (Lipinski definition) is 5. The number of rotatable bonds is 9. The number of pyridine rings is 1. The van der Waals surface area contributed by atoms with Gasteiger partial charge in [0.05, 0.1) is 18.2 Å². The minimum atomic E-state index is -2.21. The van der Waals surface area contributed by atoms with Gasteiger partial charge in [-0.1, -0.05) is 50.6 Å². The highest BCUT2D eigenvalue weighted by Gasteiger charge is 2.40. The number of aromatic carboxylic acids is 1. The smallest absolute Gasteiger partial charge is 0.410 e. The molecule has 0 radical (unpaired) electrons. The fourth-order valence-electron chi connectivity index (χ4n) is 3.18. The number of aromatic nitrogens is 1. The van der Waals surface area contributed by atoms with E-state index in [0.29, 0.717) is 18.1 Å². The Bertz CT molecular complexity index is 1030. The number of amides is 1. The largest absolute Gasteiger partial charge is 0.478 e. The molecule has 36 heavy (non-hydrogen) atoms. The maximum atomic E-state index is 13.3. The van der Waals surface area contributed by atoms with Crippen molar-refractivity contribution in [3.63, 3.8) is 0 Å². The summed E-state index contributed by atoms with van der Waals surface area (Å²) in [6.45, 7) is 17.0. The molecule has 9 heteroatoms. The first-order chi connectivity index (χ1) is 16.5. The number of carboxylic acids is 1. The number of benzene rings is 1. The Morgan fingerprint density at radius 1 is 1.06 bits per heavy atom. The SMILES string of the molecule is CC(C)(C)OC(=O)N(CCc1ccc(C(=O)O)cc1)CC(O[Si](C)(C)C(C)(C)C)c1ccc(Cl)nc1. The van der Waals surface area contributed by atoms with Gasteiger partial charge in [-0.25, -0.2) is 14.6 Å². The minimum Gasteiger partial charge on any atom is -0.478 e. The van der Waals surface area contributed by atoms with Crippen LogP contribution >= 0.6 is 11.6 Å². The van der Waals surface area contributed by atoms with Crippen LogP contribution in [0.15, 0.2) is 42.6 Å². The summed E-state index contributed by atoms with van der Waals surface area (Å²) in [4.78, 5) is 30.3. The molecular formula is C27H39ClN2O5Si. The van der Waals surface area contributed by atoms with Gasteiger partial charge in [0, 0.05) is 12.7 Å². The number of hydrogen-bond donors (Lipinski definition) is 1. The van der Waals surface area contributed by atoms with Crippen molar-refractivity contribution in [2.75, 3.05) is 13.1 Å². The predicted molar refractivity (Wildman–Crippen MR) is 145 cm³/mol. The van der Waals surface area contributed by atoms with Crippen molar-refractivity contribution < 1.29 is 23.9 Å². The van der Waals surface area contributed by atoms with Gasteiger partial charge in [0.2, 0.25) is 0 Å². The summed E-state index contributed by atoms with van der Waals surface area (Å²) >= 11 is 6.03. The second kappa shape index (κ2) is 11.8. The summed E-state index contributed by atoms with van der Waals surface area (Å²) in [6, 6.07) is 10.3. The van der Waals surface area contributed by atoms with Gasteiger partial charge in [0.25, 0.3) is 0 Å². The predicted octanol–water partition coefficient (Wildman–Crippen LogP) is 6.98. The first kappa shape index (κ1) is 29.8. The van der Waals surface area contributed by atoms with Gasteiger partial charge in [0.15, 0.2) is 8.32 Å². The molecule has 0 spiro atoms. The van der Waals surface area contributed by atoms with E-state index in [-0.39, 0.29) is 17.1 Å². The van der Waals surface area contributed by atoms with E-state index in [0.717, 1.165) is 11.1 Å². The zero-order valence-corrected chi connectivity index (χ0v) is 24.3. The highest BCUT2D eigenvalue weighted by Crippen LogP contribution is 2.40. The van der Waals surface area contributed by atoms with Crippen LogP contribution in [0.3, 0.4) is 0 Å². The van der Waals surface area contributed by atoms with Gasteiger partial charge in [0.1, 0.15) is 10.8 Å². The van der Waals surface area contributed by atoms with E-state index >= 15 is 0 Å². The van der Waals surface area contributed by atoms with Crippen LogP contribution in [0, 0.1) is 0 Å². The highest BCUT2D eigenvalue weighted by molar-refractivity contribution is 6.74. The lowest BCUT2D eigenvalue weighted by Crippen LogP contribution is -2.46. The number of nitrogens with zero attached hydrogens (tertiary/aromatic N) is 2. The average Bonchev–Trinajstić information content (AvgIpc) is 2.74. The molecule has 0 saturated heterocycles. The van der Waals surface area contributed by atoms with E-state index in [4.69, 9.17) is 25.9 Å². The third kappa shape index (κ3) is 8.91. The van der Waals surface area contributed by atoms with Crippen molar-refractivity contribution >= 4 is 32.0 Å². The molecule has 0 aliphatic carbocycles. The van der Waals surface area contributed by atoms with Crippen LogP contribution < -0.4 is 0 Å². The van der Waals surface area contributed by atoms with Crippen molar-refractivity contribution in [3.05, 3.63) is 64.4 Å². The Kier molecular flexibility index (Phi) is 9.73. The Labute approximate surface area is 220 Å². The number of ether oxygens (including phenoxy) is 1. The molecule has 1 heterocycles.